The van der Waals surface area contributed by atoms with E-state index in [1.54, 1.807) is 13.0 Å². The maximum absolute atomic E-state index is 12.9. The van der Waals surface area contributed by atoms with Crippen LogP contribution in [0, 0.1) is 11.8 Å². The number of nitrogens with zero attached hydrogens (tertiary/aromatic N) is 1. The molecule has 132 valence electrons. The average molecular weight is 353 g/mol. The minimum Gasteiger partial charge on any atom is -0.392 e. The molecule has 0 spiro atoms. The lowest BCUT2D eigenvalue weighted by molar-refractivity contribution is -0.137. The van der Waals surface area contributed by atoms with E-state index in [-0.39, 0.29) is 12.3 Å². The predicted octanol–water partition coefficient (Wildman–Crippen LogP) is 1.90. The maximum Gasteiger partial charge on any atom is 0.416 e. The highest BCUT2D eigenvalue weighted by molar-refractivity contribution is 6.23. The van der Waals surface area contributed by atoms with Crippen molar-refractivity contribution in [1.29, 1.82) is 0 Å². The topological polar surface area (TPSA) is 66.8 Å². The van der Waals surface area contributed by atoms with Crippen LogP contribution in [0.2, 0.25) is 0 Å². The fraction of sp³-hybridized carbons (Fsp3) is 0.412. The van der Waals surface area contributed by atoms with Crippen molar-refractivity contribution in [3.8, 4) is 0 Å². The van der Waals surface area contributed by atoms with Gasteiger partial charge in [0, 0.05) is 0 Å². The van der Waals surface area contributed by atoms with Gasteiger partial charge in [-0.3, -0.25) is 9.59 Å². The van der Waals surface area contributed by atoms with Gasteiger partial charge >= 0.3 is 6.18 Å². The molecule has 0 aromatic heterocycles. The van der Waals surface area contributed by atoms with Gasteiger partial charge < -0.3 is 9.84 Å². The molecule has 1 aromatic rings. The zero-order valence-electron chi connectivity index (χ0n) is 13.1. The zero-order chi connectivity index (χ0) is 18.1. The lowest BCUT2D eigenvalue weighted by atomic mass is 9.73. The standard InChI is InChI=1S/C17H14F3NO4/c1-16-9(7-22)6-11(25-16)12-13(16)15(24)21(14(12)23)10-4-2-3-8(5-10)17(18,19)20/h2-6,11-13,22H,7H2,1H3/t11-,12+,13-,16+/m0/s1. The van der Waals surface area contributed by atoms with E-state index in [9.17, 15) is 27.9 Å². The van der Waals surface area contributed by atoms with Crippen LogP contribution >= 0.6 is 0 Å². The highest BCUT2D eigenvalue weighted by Crippen LogP contribution is 2.55. The van der Waals surface area contributed by atoms with Crippen molar-refractivity contribution in [3.05, 3.63) is 41.5 Å². The Morgan fingerprint density at radius 2 is 2.00 bits per heavy atom. The zero-order valence-corrected chi connectivity index (χ0v) is 13.1. The number of ether oxygens (including phenoxy) is 1. The van der Waals surface area contributed by atoms with Crippen molar-refractivity contribution in [1.82, 2.24) is 0 Å². The van der Waals surface area contributed by atoms with Crippen molar-refractivity contribution in [2.45, 2.75) is 24.8 Å². The molecular weight excluding hydrogens is 339 g/mol. The summed E-state index contributed by atoms with van der Waals surface area (Å²) in [5.41, 5.74) is -1.62. The predicted molar refractivity (Wildman–Crippen MR) is 79.4 cm³/mol. The number of imide groups is 1. The number of fused-ring (bicyclic) bond motifs is 5. The number of anilines is 1. The Morgan fingerprint density at radius 1 is 1.28 bits per heavy atom. The Bertz CT molecular complexity index is 818. The molecule has 2 saturated heterocycles. The van der Waals surface area contributed by atoms with Gasteiger partial charge in [-0.05, 0) is 30.7 Å². The summed E-state index contributed by atoms with van der Waals surface area (Å²) in [5.74, 6) is -2.79. The molecule has 8 heteroatoms. The molecule has 2 bridgehead atoms. The third-order valence-corrected chi connectivity index (χ3v) is 5.28. The van der Waals surface area contributed by atoms with Crippen molar-refractivity contribution < 1.29 is 32.6 Å². The number of carbonyl (C=O) groups excluding carboxylic acids is 2. The van der Waals surface area contributed by atoms with Gasteiger partial charge in [0.25, 0.3) is 0 Å². The number of halogens is 3. The Balaban J connectivity index is 1.74. The molecule has 4 rings (SSSR count). The largest absolute Gasteiger partial charge is 0.416 e. The molecule has 25 heavy (non-hydrogen) atoms. The second-order valence-corrected chi connectivity index (χ2v) is 6.60. The number of aliphatic hydroxyl groups is 1. The Morgan fingerprint density at radius 3 is 2.64 bits per heavy atom. The molecule has 0 radical (unpaired) electrons. The second kappa shape index (κ2) is 4.92. The van der Waals surface area contributed by atoms with Gasteiger partial charge in [0.05, 0.1) is 35.8 Å². The third-order valence-electron chi connectivity index (χ3n) is 5.28. The number of rotatable bonds is 2. The van der Waals surface area contributed by atoms with Crippen LogP contribution in [0.1, 0.15) is 12.5 Å². The van der Waals surface area contributed by atoms with E-state index in [1.807, 2.05) is 0 Å². The van der Waals surface area contributed by atoms with Crippen LogP contribution in [0.3, 0.4) is 0 Å². The third kappa shape index (κ3) is 2.04. The van der Waals surface area contributed by atoms with Gasteiger partial charge in [0.15, 0.2) is 0 Å². The summed E-state index contributed by atoms with van der Waals surface area (Å²) in [7, 11) is 0. The van der Waals surface area contributed by atoms with Gasteiger partial charge in [0.2, 0.25) is 11.8 Å². The summed E-state index contributed by atoms with van der Waals surface area (Å²) >= 11 is 0. The minimum absolute atomic E-state index is 0.104. The van der Waals surface area contributed by atoms with Crippen molar-refractivity contribution in [3.63, 3.8) is 0 Å². The molecule has 0 saturated carbocycles. The molecule has 3 aliphatic heterocycles. The SMILES string of the molecule is C[C@@]12O[C@@H](C=C1CO)[C@H]1C(=O)N(c3cccc(C(F)(F)F)c3)C(=O)[C@H]12. The van der Waals surface area contributed by atoms with Crippen LogP contribution in [0.15, 0.2) is 35.9 Å². The highest BCUT2D eigenvalue weighted by Gasteiger charge is 2.68. The number of hydrogen-bond donors (Lipinski definition) is 1. The van der Waals surface area contributed by atoms with E-state index in [0.717, 1.165) is 23.1 Å². The number of amides is 2. The monoisotopic (exact) mass is 353 g/mol. The first-order chi connectivity index (χ1) is 11.7. The van der Waals surface area contributed by atoms with Crippen LogP contribution in [-0.4, -0.2) is 35.2 Å². The summed E-state index contributed by atoms with van der Waals surface area (Å²) in [4.78, 5) is 26.4. The molecule has 3 heterocycles. The first-order valence-corrected chi connectivity index (χ1v) is 7.73. The molecule has 4 atom stereocenters. The van der Waals surface area contributed by atoms with E-state index in [1.165, 1.54) is 6.07 Å². The second-order valence-electron chi connectivity index (χ2n) is 6.60. The van der Waals surface area contributed by atoms with Crippen molar-refractivity contribution in [2.75, 3.05) is 11.5 Å². The van der Waals surface area contributed by atoms with Gasteiger partial charge in [-0.2, -0.15) is 13.2 Å². The smallest absolute Gasteiger partial charge is 0.392 e. The van der Waals surface area contributed by atoms with Crippen LogP contribution in [-0.2, 0) is 20.5 Å². The summed E-state index contributed by atoms with van der Waals surface area (Å²) in [6.45, 7) is 1.32. The molecule has 0 aliphatic carbocycles. The Kier molecular flexibility index (Phi) is 3.21. The van der Waals surface area contributed by atoms with Gasteiger partial charge in [-0.25, -0.2) is 4.90 Å². The first-order valence-electron chi connectivity index (χ1n) is 7.73. The molecule has 2 fully saturated rings. The number of aliphatic hydroxyl groups excluding tert-OH is 1. The summed E-state index contributed by atoms with van der Waals surface area (Å²) < 4.78 is 44.5. The van der Waals surface area contributed by atoms with E-state index in [2.05, 4.69) is 0 Å². The molecule has 0 unspecified atom stereocenters. The number of benzene rings is 1. The van der Waals surface area contributed by atoms with Gasteiger partial charge in [-0.1, -0.05) is 12.1 Å². The number of carbonyl (C=O) groups is 2. The average Bonchev–Trinajstić information content (AvgIpc) is 3.12. The summed E-state index contributed by atoms with van der Waals surface area (Å²) in [6, 6.07) is 4.14. The van der Waals surface area contributed by atoms with E-state index in [0.29, 0.717) is 5.57 Å². The molecule has 3 aliphatic rings. The Labute approximate surface area is 140 Å². The molecular formula is C17H14F3NO4. The minimum atomic E-state index is -4.57. The van der Waals surface area contributed by atoms with Crippen LogP contribution < -0.4 is 4.90 Å². The van der Waals surface area contributed by atoms with Crippen LogP contribution in [0.25, 0.3) is 0 Å². The summed E-state index contributed by atoms with van der Waals surface area (Å²) in [6.07, 6.45) is -3.59. The van der Waals surface area contributed by atoms with Gasteiger partial charge in [-0.15, -0.1) is 0 Å². The lowest BCUT2D eigenvalue weighted by Crippen LogP contribution is -2.42. The number of alkyl halides is 3. The Hall–Kier alpha value is -2.19. The quantitative estimate of drug-likeness (QED) is 0.651. The van der Waals surface area contributed by atoms with Crippen LogP contribution in [0.5, 0.6) is 0 Å². The highest BCUT2D eigenvalue weighted by atomic mass is 19.4. The van der Waals surface area contributed by atoms with Gasteiger partial charge in [0.1, 0.15) is 5.60 Å². The fourth-order valence-corrected chi connectivity index (χ4v) is 4.09. The van der Waals surface area contributed by atoms with Crippen LogP contribution in [0.4, 0.5) is 18.9 Å². The molecule has 1 aromatic carbocycles. The summed E-state index contributed by atoms with van der Waals surface area (Å²) in [5, 5.41) is 9.45. The van der Waals surface area contributed by atoms with Crippen molar-refractivity contribution >= 4 is 17.5 Å². The molecule has 1 N–H and O–H groups in total. The van der Waals surface area contributed by atoms with E-state index in [4.69, 9.17) is 4.74 Å². The van der Waals surface area contributed by atoms with E-state index < -0.39 is 47.1 Å². The number of hydrogen-bond acceptors (Lipinski definition) is 4. The lowest BCUT2D eigenvalue weighted by Gasteiger charge is -2.29. The maximum atomic E-state index is 12.9. The van der Waals surface area contributed by atoms with E-state index >= 15 is 0 Å². The molecule has 5 nitrogen and oxygen atoms in total. The molecule has 2 amide bonds. The fourth-order valence-electron chi connectivity index (χ4n) is 4.09. The van der Waals surface area contributed by atoms with Crippen molar-refractivity contribution in [2.24, 2.45) is 11.8 Å². The normalized spacial score (nSPS) is 33.9. The first kappa shape index (κ1) is 16.3.